The van der Waals surface area contributed by atoms with Gasteiger partial charge in [0.15, 0.2) is 0 Å². The Morgan fingerprint density at radius 2 is 1.71 bits per heavy atom. The van der Waals surface area contributed by atoms with Crippen LogP contribution < -0.4 is 4.72 Å². The Morgan fingerprint density at radius 3 is 2.29 bits per heavy atom. The molecular weight excluding hydrogens is 371 g/mol. The van der Waals surface area contributed by atoms with Crippen LogP contribution in [0.4, 0.5) is 5.69 Å². The van der Waals surface area contributed by atoms with Crippen molar-refractivity contribution in [3.63, 3.8) is 0 Å². The largest absolute Gasteiger partial charge is 0.345 e. The first-order chi connectivity index (χ1) is 11.1. The van der Waals surface area contributed by atoms with Crippen molar-refractivity contribution in [2.45, 2.75) is 11.8 Å². The maximum Gasteiger partial charge on any atom is 0.263 e. The first kappa shape index (κ1) is 18.6. The number of rotatable bonds is 4. The molecule has 2 aromatic rings. The lowest BCUT2D eigenvalue weighted by Gasteiger charge is -2.14. The highest BCUT2D eigenvalue weighted by Gasteiger charge is 2.20. The second kappa shape index (κ2) is 7.01. The van der Waals surface area contributed by atoms with Crippen LogP contribution in [0.15, 0.2) is 41.3 Å². The molecule has 0 atom stereocenters. The van der Waals surface area contributed by atoms with Crippen LogP contribution in [0.3, 0.4) is 0 Å². The molecule has 0 fully saturated rings. The van der Waals surface area contributed by atoms with Gasteiger partial charge in [-0.3, -0.25) is 9.52 Å². The van der Waals surface area contributed by atoms with E-state index >= 15 is 0 Å². The molecule has 0 aromatic heterocycles. The van der Waals surface area contributed by atoms with Gasteiger partial charge in [-0.05, 0) is 42.8 Å². The van der Waals surface area contributed by atoms with Gasteiger partial charge in [0.25, 0.3) is 15.9 Å². The van der Waals surface area contributed by atoms with Gasteiger partial charge in [-0.2, -0.15) is 0 Å². The zero-order valence-corrected chi connectivity index (χ0v) is 15.6. The monoisotopic (exact) mass is 386 g/mol. The molecular formula is C16H16Cl2N2O3S. The normalized spacial score (nSPS) is 11.2. The minimum atomic E-state index is -3.94. The number of carbonyl (C=O) groups excluding carboxylic acids is 1. The number of nitrogens with zero attached hydrogens (tertiary/aromatic N) is 1. The Morgan fingerprint density at radius 1 is 1.04 bits per heavy atom. The van der Waals surface area contributed by atoms with Gasteiger partial charge in [-0.25, -0.2) is 8.42 Å². The number of hydrogen-bond acceptors (Lipinski definition) is 3. The average Bonchev–Trinajstić information content (AvgIpc) is 2.48. The first-order valence-electron chi connectivity index (χ1n) is 6.92. The molecule has 0 aliphatic carbocycles. The van der Waals surface area contributed by atoms with Crippen LogP contribution in [-0.2, 0) is 10.0 Å². The third-order valence-corrected chi connectivity index (χ3v) is 5.42. The Kier molecular flexibility index (Phi) is 5.42. The van der Waals surface area contributed by atoms with E-state index < -0.39 is 10.0 Å². The quantitative estimate of drug-likeness (QED) is 0.868. The number of amides is 1. The van der Waals surface area contributed by atoms with Crippen molar-refractivity contribution >= 4 is 44.8 Å². The van der Waals surface area contributed by atoms with Gasteiger partial charge in [0, 0.05) is 19.7 Å². The summed E-state index contributed by atoms with van der Waals surface area (Å²) in [5.41, 5.74) is 1.27. The summed E-state index contributed by atoms with van der Waals surface area (Å²) >= 11 is 12.1. The molecule has 0 spiro atoms. The van der Waals surface area contributed by atoms with Crippen molar-refractivity contribution in [3.05, 3.63) is 57.6 Å². The van der Waals surface area contributed by atoms with Gasteiger partial charge in [0.1, 0.15) is 4.90 Å². The summed E-state index contributed by atoms with van der Waals surface area (Å²) in [6.07, 6.45) is 0. The first-order valence-corrected chi connectivity index (χ1v) is 9.16. The molecule has 2 aromatic carbocycles. The topological polar surface area (TPSA) is 66.5 Å². The van der Waals surface area contributed by atoms with E-state index in [0.29, 0.717) is 5.56 Å². The van der Waals surface area contributed by atoms with Crippen LogP contribution in [0.1, 0.15) is 15.9 Å². The highest BCUT2D eigenvalue weighted by molar-refractivity contribution is 7.92. The Bertz CT molecular complexity index is 896. The highest BCUT2D eigenvalue weighted by Crippen LogP contribution is 2.29. The third-order valence-electron chi connectivity index (χ3n) is 3.24. The predicted octanol–water partition coefficient (Wildman–Crippen LogP) is 3.80. The van der Waals surface area contributed by atoms with Gasteiger partial charge in [-0.1, -0.05) is 29.3 Å². The number of carbonyl (C=O) groups is 1. The fourth-order valence-corrected chi connectivity index (χ4v) is 3.91. The van der Waals surface area contributed by atoms with E-state index in [1.807, 2.05) is 6.92 Å². The zero-order chi connectivity index (χ0) is 18.1. The van der Waals surface area contributed by atoms with Crippen molar-refractivity contribution in [1.29, 1.82) is 0 Å². The molecule has 8 heteroatoms. The molecule has 0 heterocycles. The molecule has 0 unspecified atom stereocenters. The standard InChI is InChI=1S/C16H16Cl2N2O3S/c1-10-4-7-15(13(18)8-10)24(22,23)19-14-9-11(5-6-12(14)17)16(21)20(2)3/h4-9,19H,1-3H3. The molecule has 0 saturated heterocycles. The maximum atomic E-state index is 12.6. The number of sulfonamides is 1. The van der Waals surface area contributed by atoms with E-state index in [1.165, 1.54) is 29.2 Å². The predicted molar refractivity (Wildman–Crippen MR) is 96.5 cm³/mol. The summed E-state index contributed by atoms with van der Waals surface area (Å²) < 4.78 is 27.5. The number of nitrogens with one attached hydrogen (secondary N) is 1. The summed E-state index contributed by atoms with van der Waals surface area (Å²) in [5, 5.41) is 0.288. The van der Waals surface area contributed by atoms with Crippen molar-refractivity contribution in [1.82, 2.24) is 4.90 Å². The van der Waals surface area contributed by atoms with Gasteiger partial charge < -0.3 is 4.90 Å². The molecule has 2 rings (SSSR count). The van der Waals surface area contributed by atoms with Gasteiger partial charge in [0.2, 0.25) is 0 Å². The van der Waals surface area contributed by atoms with Gasteiger partial charge in [-0.15, -0.1) is 0 Å². The van der Waals surface area contributed by atoms with Crippen LogP contribution in [-0.4, -0.2) is 33.3 Å². The second-order valence-electron chi connectivity index (χ2n) is 5.43. The SMILES string of the molecule is Cc1ccc(S(=O)(=O)Nc2cc(C(=O)N(C)C)ccc2Cl)c(Cl)c1. The van der Waals surface area contributed by atoms with Crippen LogP contribution in [0.5, 0.6) is 0 Å². The molecule has 0 aliphatic rings. The summed E-state index contributed by atoms with van der Waals surface area (Å²) in [4.78, 5) is 13.3. The maximum absolute atomic E-state index is 12.6. The van der Waals surface area contributed by atoms with E-state index in [4.69, 9.17) is 23.2 Å². The van der Waals surface area contributed by atoms with Crippen molar-refractivity contribution in [2.75, 3.05) is 18.8 Å². The Labute approximate surface area is 151 Å². The van der Waals surface area contributed by atoms with Gasteiger partial charge in [0.05, 0.1) is 15.7 Å². The summed E-state index contributed by atoms with van der Waals surface area (Å²) in [5.74, 6) is -0.263. The number of hydrogen-bond donors (Lipinski definition) is 1. The molecule has 1 N–H and O–H groups in total. The smallest absolute Gasteiger partial charge is 0.263 e. The fraction of sp³-hybridized carbons (Fsp3) is 0.188. The average molecular weight is 387 g/mol. The zero-order valence-electron chi connectivity index (χ0n) is 13.3. The molecule has 1 amide bonds. The van der Waals surface area contributed by atoms with Crippen LogP contribution >= 0.6 is 23.2 Å². The lowest BCUT2D eigenvalue weighted by atomic mass is 10.2. The lowest BCUT2D eigenvalue weighted by molar-refractivity contribution is 0.0827. The van der Waals surface area contributed by atoms with E-state index in [9.17, 15) is 13.2 Å². The number of anilines is 1. The number of benzene rings is 2. The number of halogens is 2. The number of aryl methyl sites for hydroxylation is 1. The van der Waals surface area contributed by atoms with E-state index in [0.717, 1.165) is 5.56 Å². The summed E-state index contributed by atoms with van der Waals surface area (Å²) in [6.45, 7) is 1.81. The van der Waals surface area contributed by atoms with Crippen LogP contribution in [0, 0.1) is 6.92 Å². The molecule has 5 nitrogen and oxygen atoms in total. The van der Waals surface area contributed by atoms with Crippen LogP contribution in [0.25, 0.3) is 0 Å². The minimum absolute atomic E-state index is 0.0600. The summed E-state index contributed by atoms with van der Waals surface area (Å²) in [6, 6.07) is 9.01. The molecule has 0 aliphatic heterocycles. The molecule has 24 heavy (non-hydrogen) atoms. The van der Waals surface area contributed by atoms with Crippen molar-refractivity contribution < 1.29 is 13.2 Å². The Balaban J connectivity index is 2.42. The molecule has 0 saturated carbocycles. The summed E-state index contributed by atoms with van der Waals surface area (Å²) in [7, 11) is -0.729. The molecule has 0 bridgehead atoms. The van der Waals surface area contributed by atoms with Gasteiger partial charge >= 0.3 is 0 Å². The second-order valence-corrected chi connectivity index (χ2v) is 7.90. The van der Waals surface area contributed by atoms with Crippen molar-refractivity contribution in [3.8, 4) is 0 Å². The molecule has 0 radical (unpaired) electrons. The third kappa shape index (κ3) is 4.01. The fourth-order valence-electron chi connectivity index (χ4n) is 2.02. The van der Waals surface area contributed by atoms with Crippen LogP contribution in [0.2, 0.25) is 10.0 Å². The van der Waals surface area contributed by atoms with E-state index in [2.05, 4.69) is 4.72 Å². The highest BCUT2D eigenvalue weighted by atomic mass is 35.5. The van der Waals surface area contributed by atoms with E-state index in [1.54, 1.807) is 26.2 Å². The van der Waals surface area contributed by atoms with E-state index in [-0.39, 0.29) is 26.5 Å². The lowest BCUT2D eigenvalue weighted by Crippen LogP contribution is -2.22. The minimum Gasteiger partial charge on any atom is -0.345 e. The van der Waals surface area contributed by atoms with Crippen molar-refractivity contribution in [2.24, 2.45) is 0 Å². The molecule has 128 valence electrons. The Hall–Kier alpha value is -1.76.